The smallest absolute Gasteiger partial charge is 0.320 e. The number of likely N-dealkylation sites (tertiary alicyclic amines) is 1. The standard InChI is InChI=1S/C14H25NO3/c1-10(2)18-8-7-15-12-6-4-3-5-11(12)9-13(15)14(16)17/h10-13H,3-9H2,1-2H3,(H,16,17)/t11-,12+,13+/m1/s1. The van der Waals surface area contributed by atoms with Gasteiger partial charge in [-0.15, -0.1) is 0 Å². The zero-order chi connectivity index (χ0) is 13.1. The second kappa shape index (κ2) is 6.02. The molecule has 1 heterocycles. The summed E-state index contributed by atoms with van der Waals surface area (Å²) >= 11 is 0. The molecule has 0 radical (unpaired) electrons. The van der Waals surface area contributed by atoms with Gasteiger partial charge in [-0.2, -0.15) is 0 Å². The molecule has 4 heteroatoms. The summed E-state index contributed by atoms with van der Waals surface area (Å²) in [6.07, 6.45) is 5.94. The molecular formula is C14H25NO3. The van der Waals surface area contributed by atoms with Crippen molar-refractivity contribution < 1.29 is 14.6 Å². The van der Waals surface area contributed by atoms with E-state index in [0.717, 1.165) is 19.4 Å². The topological polar surface area (TPSA) is 49.8 Å². The Morgan fingerprint density at radius 3 is 2.78 bits per heavy atom. The van der Waals surface area contributed by atoms with Gasteiger partial charge in [0.1, 0.15) is 6.04 Å². The first-order chi connectivity index (χ1) is 8.59. The van der Waals surface area contributed by atoms with Gasteiger partial charge < -0.3 is 9.84 Å². The molecule has 0 bridgehead atoms. The van der Waals surface area contributed by atoms with Gasteiger partial charge in [-0.3, -0.25) is 9.69 Å². The van der Waals surface area contributed by atoms with Gasteiger partial charge in [0.2, 0.25) is 0 Å². The van der Waals surface area contributed by atoms with Crippen LogP contribution in [-0.4, -0.2) is 47.3 Å². The van der Waals surface area contributed by atoms with Crippen LogP contribution >= 0.6 is 0 Å². The number of ether oxygens (including phenoxy) is 1. The number of rotatable bonds is 5. The number of hydrogen-bond acceptors (Lipinski definition) is 3. The van der Waals surface area contributed by atoms with Crippen molar-refractivity contribution >= 4 is 5.97 Å². The molecule has 0 unspecified atom stereocenters. The number of carboxylic acids is 1. The Balaban J connectivity index is 1.95. The highest BCUT2D eigenvalue weighted by molar-refractivity contribution is 5.74. The zero-order valence-corrected chi connectivity index (χ0v) is 11.5. The van der Waals surface area contributed by atoms with Crippen LogP contribution in [0.5, 0.6) is 0 Å². The predicted molar refractivity (Wildman–Crippen MR) is 69.6 cm³/mol. The Kier molecular flexibility index (Phi) is 4.62. The number of carbonyl (C=O) groups is 1. The molecule has 0 aromatic carbocycles. The van der Waals surface area contributed by atoms with Gasteiger partial charge in [-0.1, -0.05) is 12.8 Å². The fourth-order valence-electron chi connectivity index (χ4n) is 3.51. The molecule has 2 fully saturated rings. The molecule has 1 aliphatic carbocycles. The van der Waals surface area contributed by atoms with Crippen LogP contribution in [0.4, 0.5) is 0 Å². The van der Waals surface area contributed by atoms with Crippen molar-refractivity contribution in [2.24, 2.45) is 5.92 Å². The zero-order valence-electron chi connectivity index (χ0n) is 11.5. The summed E-state index contributed by atoms with van der Waals surface area (Å²) < 4.78 is 5.58. The SMILES string of the molecule is CC(C)OCCN1[C@H](C(=O)O)C[C@H]2CCCC[C@@H]21. The van der Waals surface area contributed by atoms with E-state index in [4.69, 9.17) is 4.74 Å². The molecule has 1 aliphatic heterocycles. The van der Waals surface area contributed by atoms with Gasteiger partial charge in [-0.05, 0) is 39.0 Å². The summed E-state index contributed by atoms with van der Waals surface area (Å²) in [6, 6.07) is 0.199. The molecule has 0 aromatic rings. The van der Waals surface area contributed by atoms with Crippen molar-refractivity contribution in [2.75, 3.05) is 13.2 Å². The summed E-state index contributed by atoms with van der Waals surface area (Å²) in [4.78, 5) is 13.6. The highest BCUT2D eigenvalue weighted by atomic mass is 16.5. The third-order valence-electron chi connectivity index (χ3n) is 4.31. The molecule has 0 spiro atoms. The van der Waals surface area contributed by atoms with E-state index >= 15 is 0 Å². The highest BCUT2D eigenvalue weighted by Crippen LogP contribution is 2.39. The molecule has 4 nitrogen and oxygen atoms in total. The minimum Gasteiger partial charge on any atom is -0.480 e. The van der Waals surface area contributed by atoms with Gasteiger partial charge in [0.05, 0.1) is 12.7 Å². The number of aliphatic carboxylic acids is 1. The lowest BCUT2D eigenvalue weighted by Gasteiger charge is -2.33. The van der Waals surface area contributed by atoms with Gasteiger partial charge in [0, 0.05) is 12.6 Å². The van der Waals surface area contributed by atoms with Gasteiger partial charge in [0.25, 0.3) is 0 Å². The van der Waals surface area contributed by atoms with E-state index in [2.05, 4.69) is 4.90 Å². The number of fused-ring (bicyclic) bond motifs is 1. The maximum absolute atomic E-state index is 11.4. The van der Waals surface area contributed by atoms with Crippen molar-refractivity contribution in [3.8, 4) is 0 Å². The Bertz CT molecular complexity index is 293. The maximum Gasteiger partial charge on any atom is 0.320 e. The molecular weight excluding hydrogens is 230 g/mol. The van der Waals surface area contributed by atoms with Crippen LogP contribution in [-0.2, 0) is 9.53 Å². The average molecular weight is 255 g/mol. The van der Waals surface area contributed by atoms with Crippen molar-refractivity contribution in [2.45, 2.75) is 64.1 Å². The van der Waals surface area contributed by atoms with Gasteiger partial charge in [-0.25, -0.2) is 0 Å². The minimum absolute atomic E-state index is 0.220. The van der Waals surface area contributed by atoms with E-state index in [0.29, 0.717) is 18.6 Å². The van der Waals surface area contributed by atoms with Crippen molar-refractivity contribution in [3.05, 3.63) is 0 Å². The number of carboxylic acid groups (broad SMARTS) is 1. The highest BCUT2D eigenvalue weighted by Gasteiger charge is 2.44. The Morgan fingerprint density at radius 1 is 1.39 bits per heavy atom. The van der Waals surface area contributed by atoms with Crippen LogP contribution in [0.1, 0.15) is 46.0 Å². The predicted octanol–water partition coefficient (Wildman–Crippen LogP) is 2.13. The van der Waals surface area contributed by atoms with Crippen LogP contribution in [0.15, 0.2) is 0 Å². The molecule has 18 heavy (non-hydrogen) atoms. The summed E-state index contributed by atoms with van der Waals surface area (Å²) in [5, 5.41) is 9.36. The number of hydrogen-bond donors (Lipinski definition) is 1. The lowest BCUT2D eigenvalue weighted by molar-refractivity contribution is -0.143. The van der Waals surface area contributed by atoms with Crippen LogP contribution in [0.25, 0.3) is 0 Å². The molecule has 2 rings (SSSR count). The fraction of sp³-hybridized carbons (Fsp3) is 0.929. The van der Waals surface area contributed by atoms with E-state index in [9.17, 15) is 9.90 Å². The molecule has 0 aromatic heterocycles. The van der Waals surface area contributed by atoms with E-state index in [1.165, 1.54) is 19.3 Å². The lowest BCUT2D eigenvalue weighted by atomic mass is 9.85. The Morgan fingerprint density at radius 2 is 2.11 bits per heavy atom. The van der Waals surface area contributed by atoms with Crippen molar-refractivity contribution in [1.82, 2.24) is 4.90 Å². The van der Waals surface area contributed by atoms with Crippen molar-refractivity contribution in [3.63, 3.8) is 0 Å². The Hall–Kier alpha value is -0.610. The second-order valence-corrected chi connectivity index (χ2v) is 5.86. The van der Waals surface area contributed by atoms with E-state index in [-0.39, 0.29) is 12.1 Å². The minimum atomic E-state index is -0.658. The average Bonchev–Trinajstić information content (AvgIpc) is 2.68. The van der Waals surface area contributed by atoms with Crippen molar-refractivity contribution in [1.29, 1.82) is 0 Å². The van der Waals surface area contributed by atoms with Gasteiger partial charge in [0.15, 0.2) is 0 Å². The fourth-order valence-corrected chi connectivity index (χ4v) is 3.51. The lowest BCUT2D eigenvalue weighted by Crippen LogP contribution is -2.44. The molecule has 3 atom stereocenters. The summed E-state index contributed by atoms with van der Waals surface area (Å²) in [6.45, 7) is 5.44. The molecule has 104 valence electrons. The van der Waals surface area contributed by atoms with Crippen LogP contribution in [0.3, 0.4) is 0 Å². The molecule has 2 aliphatic rings. The first-order valence-corrected chi connectivity index (χ1v) is 7.19. The monoisotopic (exact) mass is 255 g/mol. The normalized spacial score (nSPS) is 32.7. The van der Waals surface area contributed by atoms with Crippen LogP contribution < -0.4 is 0 Å². The summed E-state index contributed by atoms with van der Waals surface area (Å²) in [5.74, 6) is -0.0622. The first kappa shape index (κ1) is 13.8. The Labute approximate surface area is 109 Å². The van der Waals surface area contributed by atoms with Crippen LogP contribution in [0.2, 0.25) is 0 Å². The first-order valence-electron chi connectivity index (χ1n) is 7.19. The third-order valence-corrected chi connectivity index (χ3v) is 4.31. The second-order valence-electron chi connectivity index (χ2n) is 5.86. The number of nitrogens with zero attached hydrogens (tertiary/aromatic N) is 1. The molecule has 1 saturated heterocycles. The third kappa shape index (κ3) is 3.04. The molecule has 1 saturated carbocycles. The molecule has 1 N–H and O–H groups in total. The van der Waals surface area contributed by atoms with Crippen LogP contribution in [0, 0.1) is 5.92 Å². The quantitative estimate of drug-likeness (QED) is 0.817. The van der Waals surface area contributed by atoms with E-state index in [1.54, 1.807) is 0 Å². The maximum atomic E-state index is 11.4. The van der Waals surface area contributed by atoms with E-state index < -0.39 is 5.97 Å². The van der Waals surface area contributed by atoms with Gasteiger partial charge >= 0.3 is 5.97 Å². The molecule has 0 amide bonds. The van der Waals surface area contributed by atoms with E-state index in [1.807, 2.05) is 13.8 Å². The summed E-state index contributed by atoms with van der Waals surface area (Å²) in [5.41, 5.74) is 0. The summed E-state index contributed by atoms with van der Waals surface area (Å²) in [7, 11) is 0. The largest absolute Gasteiger partial charge is 0.480 e.